The van der Waals surface area contributed by atoms with Gasteiger partial charge in [-0.2, -0.15) is 0 Å². The molecule has 1 atom stereocenters. The smallest absolute Gasteiger partial charge is 0.303 e. The molecule has 106 valence electrons. The van der Waals surface area contributed by atoms with Crippen LogP contribution >= 0.6 is 11.3 Å². The van der Waals surface area contributed by atoms with Crippen molar-refractivity contribution in [3.63, 3.8) is 0 Å². The topological polar surface area (TPSA) is 92.4 Å². The van der Waals surface area contributed by atoms with Crippen molar-refractivity contribution in [2.45, 2.75) is 38.1 Å². The molecule has 0 radical (unpaired) electrons. The first-order valence-corrected chi connectivity index (χ1v) is 7.27. The summed E-state index contributed by atoms with van der Waals surface area (Å²) in [6, 6.07) is 3.13. The number of amides is 1. The Labute approximate surface area is 116 Å². The molecule has 0 aliphatic rings. The zero-order chi connectivity index (χ0) is 14.1. The summed E-state index contributed by atoms with van der Waals surface area (Å²) in [7, 11) is 0. The molecular weight excluding hydrogens is 264 g/mol. The van der Waals surface area contributed by atoms with Gasteiger partial charge in [0.25, 0.3) is 0 Å². The van der Waals surface area contributed by atoms with Gasteiger partial charge in [-0.15, -0.1) is 11.3 Å². The predicted molar refractivity (Wildman–Crippen MR) is 75.0 cm³/mol. The number of carboxylic acid groups (broad SMARTS) is 1. The molecule has 6 heteroatoms. The van der Waals surface area contributed by atoms with Crippen LogP contribution in [0.3, 0.4) is 0 Å². The average Bonchev–Trinajstić information content (AvgIpc) is 2.89. The van der Waals surface area contributed by atoms with E-state index in [0.29, 0.717) is 13.0 Å². The summed E-state index contributed by atoms with van der Waals surface area (Å²) in [5, 5.41) is 13.2. The molecule has 1 aromatic rings. The highest BCUT2D eigenvalue weighted by atomic mass is 32.1. The van der Waals surface area contributed by atoms with E-state index in [1.807, 2.05) is 17.5 Å². The number of thiophene rings is 1. The fraction of sp³-hybridized carbons (Fsp3) is 0.538. The van der Waals surface area contributed by atoms with E-state index in [1.54, 1.807) is 0 Å². The van der Waals surface area contributed by atoms with Gasteiger partial charge in [-0.25, -0.2) is 0 Å². The van der Waals surface area contributed by atoms with Gasteiger partial charge in [0.05, 0.1) is 0 Å². The minimum atomic E-state index is -0.754. The van der Waals surface area contributed by atoms with Crippen LogP contribution in [-0.4, -0.2) is 23.5 Å². The Morgan fingerprint density at radius 1 is 1.32 bits per heavy atom. The molecule has 4 N–H and O–H groups in total. The molecule has 0 fully saturated rings. The molecule has 0 aliphatic carbocycles. The van der Waals surface area contributed by atoms with Gasteiger partial charge in [-0.3, -0.25) is 9.59 Å². The van der Waals surface area contributed by atoms with Crippen LogP contribution in [0.15, 0.2) is 17.5 Å². The third-order valence-corrected chi connectivity index (χ3v) is 3.70. The minimum Gasteiger partial charge on any atom is -0.481 e. The molecule has 0 aromatic carbocycles. The molecule has 0 spiro atoms. The molecule has 0 bridgehead atoms. The van der Waals surface area contributed by atoms with Gasteiger partial charge in [0, 0.05) is 17.8 Å². The summed E-state index contributed by atoms with van der Waals surface area (Å²) < 4.78 is 0. The van der Waals surface area contributed by atoms with Crippen LogP contribution in [0.25, 0.3) is 0 Å². The second-order valence-electron chi connectivity index (χ2n) is 4.34. The summed E-state index contributed by atoms with van der Waals surface area (Å²) in [5.41, 5.74) is 5.81. The Morgan fingerprint density at radius 2 is 2.05 bits per heavy atom. The number of hydrogen-bond donors (Lipinski definition) is 3. The van der Waals surface area contributed by atoms with Crippen molar-refractivity contribution in [2.75, 3.05) is 6.54 Å². The van der Waals surface area contributed by atoms with Crippen LogP contribution in [0.5, 0.6) is 0 Å². The van der Waals surface area contributed by atoms with Gasteiger partial charge in [0.2, 0.25) is 5.91 Å². The van der Waals surface area contributed by atoms with E-state index in [0.717, 1.165) is 24.1 Å². The number of carboxylic acids is 1. The maximum absolute atomic E-state index is 11.7. The summed E-state index contributed by atoms with van der Waals surface area (Å²) in [5.74, 6) is -0.914. The molecule has 0 saturated carbocycles. The van der Waals surface area contributed by atoms with Gasteiger partial charge in [-0.1, -0.05) is 18.9 Å². The van der Waals surface area contributed by atoms with Crippen molar-refractivity contribution >= 4 is 23.2 Å². The van der Waals surface area contributed by atoms with E-state index in [1.165, 1.54) is 11.3 Å². The average molecular weight is 284 g/mol. The first-order valence-electron chi connectivity index (χ1n) is 6.39. The molecule has 5 nitrogen and oxygen atoms in total. The van der Waals surface area contributed by atoms with Crippen molar-refractivity contribution in [1.82, 2.24) is 5.32 Å². The minimum absolute atomic E-state index is 0.159. The molecule has 1 amide bonds. The first kappa shape index (κ1) is 15.7. The van der Waals surface area contributed by atoms with Crippen LogP contribution in [0.2, 0.25) is 0 Å². The highest BCUT2D eigenvalue weighted by Gasteiger charge is 2.15. The predicted octanol–water partition coefficient (Wildman–Crippen LogP) is 1.90. The Balaban J connectivity index is 2.06. The zero-order valence-electron chi connectivity index (χ0n) is 10.8. The fourth-order valence-electron chi connectivity index (χ4n) is 1.67. The molecule has 19 heavy (non-hydrogen) atoms. The van der Waals surface area contributed by atoms with Gasteiger partial charge < -0.3 is 16.2 Å². The number of hydrogen-bond acceptors (Lipinski definition) is 4. The second kappa shape index (κ2) is 8.66. The SMILES string of the molecule is NC(C(=O)NCCCCCCC(=O)O)c1cccs1. The monoisotopic (exact) mass is 284 g/mol. The molecule has 1 rings (SSSR count). The van der Waals surface area contributed by atoms with Crippen LogP contribution in [0.4, 0.5) is 0 Å². The number of aliphatic carboxylic acids is 1. The van der Waals surface area contributed by atoms with E-state index in [4.69, 9.17) is 10.8 Å². The largest absolute Gasteiger partial charge is 0.481 e. The van der Waals surface area contributed by atoms with E-state index in [-0.39, 0.29) is 12.3 Å². The molecule has 1 unspecified atom stereocenters. The molecule has 0 aliphatic heterocycles. The standard InChI is InChI=1S/C13H20N2O3S/c14-12(10-6-5-9-19-10)13(18)15-8-4-2-1-3-7-11(16)17/h5-6,9,12H,1-4,7-8,14H2,(H,15,18)(H,16,17). The van der Waals surface area contributed by atoms with Crippen LogP contribution in [0, 0.1) is 0 Å². The lowest BCUT2D eigenvalue weighted by molar-refractivity contribution is -0.137. The zero-order valence-corrected chi connectivity index (χ0v) is 11.6. The van der Waals surface area contributed by atoms with Crippen LogP contribution in [-0.2, 0) is 9.59 Å². The van der Waals surface area contributed by atoms with E-state index < -0.39 is 12.0 Å². The number of nitrogens with one attached hydrogen (secondary N) is 1. The van der Waals surface area contributed by atoms with Crippen molar-refractivity contribution < 1.29 is 14.7 Å². The van der Waals surface area contributed by atoms with E-state index >= 15 is 0 Å². The number of rotatable bonds is 9. The summed E-state index contributed by atoms with van der Waals surface area (Å²) in [6.45, 7) is 0.588. The van der Waals surface area contributed by atoms with Crippen molar-refractivity contribution in [3.05, 3.63) is 22.4 Å². The lowest BCUT2D eigenvalue weighted by Gasteiger charge is -2.10. The number of carbonyl (C=O) groups is 2. The lowest BCUT2D eigenvalue weighted by atomic mass is 10.1. The maximum atomic E-state index is 11.7. The third-order valence-electron chi connectivity index (χ3n) is 2.75. The quantitative estimate of drug-likeness (QED) is 0.604. The van der Waals surface area contributed by atoms with Crippen molar-refractivity contribution in [1.29, 1.82) is 0 Å². The number of carbonyl (C=O) groups excluding carboxylic acids is 1. The van der Waals surface area contributed by atoms with E-state index in [2.05, 4.69) is 5.32 Å². The van der Waals surface area contributed by atoms with Gasteiger partial charge in [0.1, 0.15) is 6.04 Å². The Bertz CT molecular complexity index is 393. The van der Waals surface area contributed by atoms with Crippen LogP contribution < -0.4 is 11.1 Å². The highest BCUT2D eigenvalue weighted by Crippen LogP contribution is 2.16. The highest BCUT2D eigenvalue weighted by molar-refractivity contribution is 7.10. The molecule has 1 heterocycles. The summed E-state index contributed by atoms with van der Waals surface area (Å²) in [6.07, 6.45) is 3.55. The molecule has 0 saturated heterocycles. The number of nitrogens with two attached hydrogens (primary N) is 1. The first-order chi connectivity index (χ1) is 9.11. The Kier molecular flexibility index (Phi) is 7.14. The molecule has 1 aromatic heterocycles. The van der Waals surface area contributed by atoms with Crippen molar-refractivity contribution in [2.24, 2.45) is 5.73 Å². The fourth-order valence-corrected chi connectivity index (χ4v) is 2.40. The molecular formula is C13H20N2O3S. The lowest BCUT2D eigenvalue weighted by Crippen LogP contribution is -2.34. The summed E-state index contributed by atoms with van der Waals surface area (Å²) >= 11 is 1.47. The maximum Gasteiger partial charge on any atom is 0.303 e. The van der Waals surface area contributed by atoms with E-state index in [9.17, 15) is 9.59 Å². The third kappa shape index (κ3) is 6.35. The Morgan fingerprint density at radius 3 is 2.68 bits per heavy atom. The van der Waals surface area contributed by atoms with Gasteiger partial charge in [-0.05, 0) is 24.3 Å². The number of unbranched alkanes of at least 4 members (excludes halogenated alkanes) is 3. The normalized spacial score (nSPS) is 12.1. The second-order valence-corrected chi connectivity index (χ2v) is 5.32. The van der Waals surface area contributed by atoms with Crippen LogP contribution in [0.1, 0.15) is 43.0 Å². The van der Waals surface area contributed by atoms with Gasteiger partial charge >= 0.3 is 5.97 Å². The Hall–Kier alpha value is -1.40. The van der Waals surface area contributed by atoms with Gasteiger partial charge in [0.15, 0.2) is 0 Å². The summed E-state index contributed by atoms with van der Waals surface area (Å²) in [4.78, 5) is 22.9. The van der Waals surface area contributed by atoms with Crippen molar-refractivity contribution in [3.8, 4) is 0 Å².